The van der Waals surface area contributed by atoms with Crippen LogP contribution in [-0.2, 0) is 9.53 Å². The normalized spacial score (nSPS) is 44.5. The summed E-state index contributed by atoms with van der Waals surface area (Å²) in [7, 11) is 0. The summed E-state index contributed by atoms with van der Waals surface area (Å²) in [6.45, 7) is 4.17. The second kappa shape index (κ2) is 5.10. The Morgan fingerprint density at radius 3 is 2.25 bits per heavy atom. The van der Waals surface area contributed by atoms with Crippen LogP contribution in [-0.4, -0.2) is 43.5 Å². The number of carbonyl (C=O) groups excluding carboxylic acids is 1. The Labute approximate surface area is 122 Å². The maximum Gasteiger partial charge on any atom is 0.152 e. The third kappa shape index (κ3) is 2.33. The van der Waals surface area contributed by atoms with Gasteiger partial charge < -0.3 is 4.74 Å². The molecule has 0 amide bonds. The number of nitrogens with zero attached hydrogens (tertiary/aromatic N) is 1. The Morgan fingerprint density at radius 1 is 1.00 bits per heavy atom. The fourth-order valence-corrected chi connectivity index (χ4v) is 5.66. The summed E-state index contributed by atoms with van der Waals surface area (Å²) < 4.78 is 5.40. The van der Waals surface area contributed by atoms with Crippen molar-refractivity contribution >= 4 is 5.78 Å². The lowest BCUT2D eigenvalue weighted by Gasteiger charge is -2.48. The SMILES string of the molecule is O=C(CN1CCOCC1)C12CC3C[C@@H](CC[C@@H](C3)C1)C2. The van der Waals surface area contributed by atoms with Gasteiger partial charge in [-0.05, 0) is 49.9 Å². The quantitative estimate of drug-likeness (QED) is 0.794. The molecule has 1 saturated heterocycles. The number of hydrogen-bond donors (Lipinski definition) is 0. The molecule has 4 aliphatic carbocycles. The van der Waals surface area contributed by atoms with Crippen molar-refractivity contribution in [1.29, 1.82) is 0 Å². The molecule has 0 radical (unpaired) electrons. The van der Waals surface area contributed by atoms with Crippen LogP contribution < -0.4 is 0 Å². The largest absolute Gasteiger partial charge is 0.379 e. The molecular weight excluding hydrogens is 250 g/mol. The molecular formula is C17H27NO2. The fourth-order valence-electron chi connectivity index (χ4n) is 5.66. The van der Waals surface area contributed by atoms with Gasteiger partial charge >= 0.3 is 0 Å². The van der Waals surface area contributed by atoms with E-state index in [1.165, 1.54) is 44.9 Å². The molecule has 20 heavy (non-hydrogen) atoms. The molecule has 4 atom stereocenters. The molecule has 1 heterocycles. The predicted molar refractivity (Wildman–Crippen MR) is 77.5 cm³/mol. The maximum atomic E-state index is 13.0. The minimum Gasteiger partial charge on any atom is -0.379 e. The van der Waals surface area contributed by atoms with E-state index in [1.54, 1.807) is 0 Å². The van der Waals surface area contributed by atoms with Crippen LogP contribution in [0.4, 0.5) is 0 Å². The Bertz CT molecular complexity index is 372. The first-order valence-corrected chi connectivity index (χ1v) is 8.57. The van der Waals surface area contributed by atoms with E-state index in [2.05, 4.69) is 4.90 Å². The average molecular weight is 277 g/mol. The summed E-state index contributed by atoms with van der Waals surface area (Å²) >= 11 is 0. The van der Waals surface area contributed by atoms with E-state index >= 15 is 0 Å². The summed E-state index contributed by atoms with van der Waals surface area (Å²) in [5.41, 5.74) is 0.0747. The van der Waals surface area contributed by atoms with E-state index in [0.717, 1.165) is 44.1 Å². The lowest BCUT2D eigenvalue weighted by molar-refractivity contribution is -0.138. The average Bonchev–Trinajstić information content (AvgIpc) is 2.66. The molecule has 1 aliphatic heterocycles. The molecule has 2 unspecified atom stereocenters. The van der Waals surface area contributed by atoms with Gasteiger partial charge in [-0.3, -0.25) is 9.69 Å². The number of hydrogen-bond acceptors (Lipinski definition) is 3. The van der Waals surface area contributed by atoms with Crippen LogP contribution in [0, 0.1) is 23.2 Å². The Morgan fingerprint density at radius 2 is 1.60 bits per heavy atom. The molecule has 3 nitrogen and oxygen atoms in total. The highest BCUT2D eigenvalue weighted by atomic mass is 16.5. The monoisotopic (exact) mass is 277 g/mol. The van der Waals surface area contributed by atoms with Crippen molar-refractivity contribution in [2.45, 2.75) is 44.9 Å². The molecule has 0 aromatic rings. The minimum absolute atomic E-state index is 0.0747. The molecule has 0 spiro atoms. The third-order valence-corrected chi connectivity index (χ3v) is 6.42. The van der Waals surface area contributed by atoms with Gasteiger partial charge in [-0.1, -0.05) is 12.8 Å². The predicted octanol–water partition coefficient (Wildman–Crippen LogP) is 2.49. The summed E-state index contributed by atoms with van der Waals surface area (Å²) in [4.78, 5) is 15.4. The Kier molecular flexibility index (Phi) is 3.38. The van der Waals surface area contributed by atoms with Crippen LogP contribution in [0.5, 0.6) is 0 Å². The highest BCUT2D eigenvalue weighted by Gasteiger charge is 2.52. The number of ether oxygens (including phenoxy) is 1. The summed E-state index contributed by atoms with van der Waals surface area (Å²) in [6.07, 6.45) is 9.27. The van der Waals surface area contributed by atoms with Gasteiger partial charge in [-0.25, -0.2) is 0 Å². The van der Waals surface area contributed by atoms with Crippen molar-refractivity contribution in [1.82, 2.24) is 4.90 Å². The second-order valence-corrected chi connectivity index (χ2v) is 7.85. The van der Waals surface area contributed by atoms with E-state index in [4.69, 9.17) is 4.74 Å². The van der Waals surface area contributed by atoms with Gasteiger partial charge in [0.2, 0.25) is 0 Å². The van der Waals surface area contributed by atoms with Gasteiger partial charge in [-0.2, -0.15) is 0 Å². The maximum absolute atomic E-state index is 13.0. The zero-order chi connectivity index (χ0) is 13.6. The van der Waals surface area contributed by atoms with Crippen LogP contribution in [0.3, 0.4) is 0 Å². The zero-order valence-electron chi connectivity index (χ0n) is 12.5. The second-order valence-electron chi connectivity index (χ2n) is 7.85. The van der Waals surface area contributed by atoms with Crippen molar-refractivity contribution in [2.24, 2.45) is 23.2 Å². The summed E-state index contributed by atoms with van der Waals surface area (Å²) in [6, 6.07) is 0. The number of Topliss-reactive ketones (excluding diaryl/α,β-unsaturated/α-hetero) is 1. The smallest absolute Gasteiger partial charge is 0.152 e. The Hall–Kier alpha value is -0.410. The molecule has 0 aromatic heterocycles. The van der Waals surface area contributed by atoms with E-state index < -0.39 is 0 Å². The topological polar surface area (TPSA) is 29.5 Å². The van der Waals surface area contributed by atoms with Crippen molar-refractivity contribution in [3.05, 3.63) is 0 Å². The van der Waals surface area contributed by atoms with Gasteiger partial charge in [0.15, 0.2) is 5.78 Å². The van der Waals surface area contributed by atoms with Crippen molar-refractivity contribution in [3.63, 3.8) is 0 Å². The number of rotatable bonds is 3. The van der Waals surface area contributed by atoms with Gasteiger partial charge in [0.25, 0.3) is 0 Å². The number of carbonyl (C=O) groups is 1. The van der Waals surface area contributed by atoms with E-state index in [0.29, 0.717) is 12.3 Å². The van der Waals surface area contributed by atoms with E-state index in [1.807, 2.05) is 0 Å². The highest BCUT2D eigenvalue weighted by Crippen LogP contribution is 2.58. The molecule has 5 rings (SSSR count). The van der Waals surface area contributed by atoms with Crippen molar-refractivity contribution < 1.29 is 9.53 Å². The number of ketones is 1. The summed E-state index contributed by atoms with van der Waals surface area (Å²) in [5, 5.41) is 0. The van der Waals surface area contributed by atoms with Gasteiger partial charge in [0, 0.05) is 18.5 Å². The molecule has 4 saturated carbocycles. The van der Waals surface area contributed by atoms with Crippen molar-refractivity contribution in [3.8, 4) is 0 Å². The standard InChI is InChI=1S/C17H27NO2/c19-16(12-18-3-5-20-6-4-18)17-9-13-1-2-14(10-17)8-15(7-13)11-17/h13-15H,1-12H2/t13-,14+,15?,17?. The lowest BCUT2D eigenvalue weighted by Crippen LogP contribution is -2.49. The number of fused-ring (bicyclic) bond motifs is 1. The van der Waals surface area contributed by atoms with Crippen molar-refractivity contribution in [2.75, 3.05) is 32.8 Å². The molecule has 0 N–H and O–H groups in total. The molecule has 4 bridgehead atoms. The van der Waals surface area contributed by atoms with Crippen LogP contribution in [0.15, 0.2) is 0 Å². The van der Waals surface area contributed by atoms with Crippen LogP contribution in [0.2, 0.25) is 0 Å². The molecule has 0 aromatic carbocycles. The highest BCUT2D eigenvalue weighted by molar-refractivity contribution is 5.87. The van der Waals surface area contributed by atoms with Gasteiger partial charge in [-0.15, -0.1) is 0 Å². The number of morpholine rings is 1. The summed E-state index contributed by atoms with van der Waals surface area (Å²) in [5.74, 6) is 3.15. The molecule has 3 heteroatoms. The molecule has 112 valence electrons. The van der Waals surface area contributed by atoms with E-state index in [9.17, 15) is 4.79 Å². The van der Waals surface area contributed by atoms with Crippen LogP contribution >= 0.6 is 0 Å². The van der Waals surface area contributed by atoms with Gasteiger partial charge in [0.05, 0.1) is 19.8 Å². The minimum atomic E-state index is 0.0747. The van der Waals surface area contributed by atoms with Crippen LogP contribution in [0.1, 0.15) is 44.9 Å². The zero-order valence-corrected chi connectivity index (χ0v) is 12.5. The Balaban J connectivity index is 1.49. The van der Waals surface area contributed by atoms with Gasteiger partial charge in [0.1, 0.15) is 0 Å². The molecule has 5 fully saturated rings. The van der Waals surface area contributed by atoms with Crippen LogP contribution in [0.25, 0.3) is 0 Å². The van der Waals surface area contributed by atoms with E-state index in [-0.39, 0.29) is 5.41 Å². The first-order chi connectivity index (χ1) is 9.73. The first-order valence-electron chi connectivity index (χ1n) is 8.57. The first kappa shape index (κ1) is 13.3. The lowest BCUT2D eigenvalue weighted by atomic mass is 9.57. The fraction of sp³-hybridized carbons (Fsp3) is 0.941. The molecule has 5 aliphatic rings. The third-order valence-electron chi connectivity index (χ3n) is 6.42.